The van der Waals surface area contributed by atoms with Crippen LogP contribution in [0.2, 0.25) is 0 Å². The van der Waals surface area contributed by atoms with Gasteiger partial charge in [-0.2, -0.15) is 0 Å². The fourth-order valence-corrected chi connectivity index (χ4v) is 3.79. The van der Waals surface area contributed by atoms with Crippen molar-refractivity contribution < 1.29 is 8.42 Å². The highest BCUT2D eigenvalue weighted by Crippen LogP contribution is 2.29. The monoisotopic (exact) mass is 210 g/mol. The average molecular weight is 211 g/mol. The van der Waals surface area contributed by atoms with E-state index < -0.39 is 9.84 Å². The summed E-state index contributed by atoms with van der Waals surface area (Å²) in [4.78, 5) is 0. The summed E-state index contributed by atoms with van der Waals surface area (Å²) >= 11 is 6.08. The van der Waals surface area contributed by atoms with Gasteiger partial charge in [-0.3, -0.25) is 0 Å². The highest BCUT2D eigenvalue weighted by Gasteiger charge is 2.33. The van der Waals surface area contributed by atoms with Gasteiger partial charge in [0, 0.05) is 5.38 Å². The molecular weight excluding hydrogens is 196 g/mol. The summed E-state index contributed by atoms with van der Waals surface area (Å²) in [5.41, 5.74) is 0. The van der Waals surface area contributed by atoms with E-state index in [-0.39, 0.29) is 11.3 Å². The number of halogens is 1. The molecule has 0 saturated carbocycles. The lowest BCUT2D eigenvalue weighted by atomic mass is 9.96. The largest absolute Gasteiger partial charge is 0.229 e. The third-order valence-electron chi connectivity index (χ3n) is 2.35. The Morgan fingerprint density at radius 2 is 2.00 bits per heavy atom. The Bertz CT molecular complexity index is 246. The molecule has 72 valence electrons. The molecule has 2 atom stereocenters. The summed E-state index contributed by atoms with van der Waals surface area (Å²) in [6.45, 7) is 4.06. The van der Waals surface area contributed by atoms with Crippen molar-refractivity contribution in [3.8, 4) is 0 Å². The fourth-order valence-electron chi connectivity index (χ4n) is 1.62. The lowest BCUT2D eigenvalue weighted by Gasteiger charge is -2.18. The van der Waals surface area contributed by atoms with Crippen molar-refractivity contribution in [2.45, 2.75) is 25.6 Å². The molecule has 2 nitrogen and oxygen atoms in total. The van der Waals surface area contributed by atoms with Crippen molar-refractivity contribution in [3.63, 3.8) is 0 Å². The highest BCUT2D eigenvalue weighted by atomic mass is 35.5. The van der Waals surface area contributed by atoms with Crippen molar-refractivity contribution in [3.05, 3.63) is 0 Å². The summed E-state index contributed by atoms with van der Waals surface area (Å²) in [7, 11) is -2.76. The number of alkyl halides is 1. The summed E-state index contributed by atoms with van der Waals surface area (Å²) in [5.74, 6) is 1.16. The molecule has 12 heavy (non-hydrogen) atoms. The van der Waals surface area contributed by atoms with E-state index in [9.17, 15) is 8.42 Å². The molecule has 0 N–H and O–H groups in total. The van der Waals surface area contributed by atoms with E-state index in [4.69, 9.17) is 11.6 Å². The van der Waals surface area contributed by atoms with Crippen LogP contribution in [0.15, 0.2) is 0 Å². The number of hydrogen-bond donors (Lipinski definition) is 0. The zero-order valence-corrected chi connectivity index (χ0v) is 9.03. The van der Waals surface area contributed by atoms with Gasteiger partial charge >= 0.3 is 0 Å². The molecule has 1 aliphatic heterocycles. The second kappa shape index (κ2) is 3.54. The standard InChI is InChI=1S/C8H15ClO2S/c1-6(2)8(9)7-3-4-12(10,11)5-7/h6-8H,3-5H2,1-2H3. The molecule has 1 fully saturated rings. The van der Waals surface area contributed by atoms with Crippen LogP contribution in [-0.2, 0) is 9.84 Å². The summed E-state index contributed by atoms with van der Waals surface area (Å²) in [5, 5.41) is 0.0160. The molecule has 0 amide bonds. The molecule has 0 aliphatic carbocycles. The summed E-state index contributed by atoms with van der Waals surface area (Å²) < 4.78 is 22.2. The minimum absolute atomic E-state index is 0.0160. The van der Waals surface area contributed by atoms with Crippen LogP contribution in [0.5, 0.6) is 0 Å². The Balaban J connectivity index is 2.58. The van der Waals surface area contributed by atoms with Gasteiger partial charge in [0.05, 0.1) is 11.5 Å². The summed E-state index contributed by atoms with van der Waals surface area (Å²) in [6.07, 6.45) is 0.745. The quantitative estimate of drug-likeness (QED) is 0.650. The first-order valence-electron chi connectivity index (χ1n) is 4.27. The minimum Gasteiger partial charge on any atom is -0.229 e. The van der Waals surface area contributed by atoms with Crippen LogP contribution in [0.4, 0.5) is 0 Å². The molecule has 0 aromatic rings. The fraction of sp³-hybridized carbons (Fsp3) is 1.00. The zero-order chi connectivity index (χ0) is 9.35. The van der Waals surface area contributed by atoms with Crippen LogP contribution in [0.1, 0.15) is 20.3 Å². The molecule has 0 aromatic heterocycles. The number of hydrogen-bond acceptors (Lipinski definition) is 2. The number of sulfone groups is 1. The second-order valence-electron chi connectivity index (χ2n) is 3.85. The first kappa shape index (κ1) is 10.3. The normalized spacial score (nSPS) is 30.8. The molecule has 1 rings (SSSR count). The van der Waals surface area contributed by atoms with Crippen LogP contribution in [-0.4, -0.2) is 25.3 Å². The highest BCUT2D eigenvalue weighted by molar-refractivity contribution is 7.91. The van der Waals surface area contributed by atoms with Gasteiger partial charge in [-0.15, -0.1) is 11.6 Å². The van der Waals surface area contributed by atoms with E-state index in [1.807, 2.05) is 13.8 Å². The van der Waals surface area contributed by atoms with Crippen molar-refractivity contribution in [1.29, 1.82) is 0 Å². The van der Waals surface area contributed by atoms with Crippen molar-refractivity contribution in [2.75, 3.05) is 11.5 Å². The average Bonchev–Trinajstić information content (AvgIpc) is 2.28. The van der Waals surface area contributed by atoms with E-state index >= 15 is 0 Å². The third-order valence-corrected chi connectivity index (χ3v) is 5.01. The Hall–Kier alpha value is 0.240. The van der Waals surface area contributed by atoms with E-state index in [0.717, 1.165) is 6.42 Å². The minimum atomic E-state index is -2.76. The Morgan fingerprint density at radius 3 is 2.33 bits per heavy atom. The molecule has 1 heterocycles. The molecule has 0 spiro atoms. The predicted octanol–water partition coefficient (Wildman–Crippen LogP) is 1.68. The van der Waals surface area contributed by atoms with Crippen molar-refractivity contribution >= 4 is 21.4 Å². The molecule has 4 heteroatoms. The van der Waals surface area contributed by atoms with E-state index in [0.29, 0.717) is 17.4 Å². The van der Waals surface area contributed by atoms with Gasteiger partial charge < -0.3 is 0 Å². The van der Waals surface area contributed by atoms with E-state index in [1.165, 1.54) is 0 Å². The Kier molecular flexibility index (Phi) is 3.05. The van der Waals surface area contributed by atoms with Gasteiger partial charge in [0.15, 0.2) is 9.84 Å². The van der Waals surface area contributed by atoms with Crippen LogP contribution < -0.4 is 0 Å². The van der Waals surface area contributed by atoms with Crippen LogP contribution in [0.25, 0.3) is 0 Å². The maximum atomic E-state index is 11.1. The van der Waals surface area contributed by atoms with Gasteiger partial charge in [0.1, 0.15) is 0 Å². The Labute approximate surface area is 79.2 Å². The first-order valence-corrected chi connectivity index (χ1v) is 6.52. The zero-order valence-electron chi connectivity index (χ0n) is 7.46. The maximum absolute atomic E-state index is 11.1. The smallest absolute Gasteiger partial charge is 0.150 e. The molecular formula is C8H15ClO2S. The van der Waals surface area contributed by atoms with Crippen molar-refractivity contribution in [1.82, 2.24) is 0 Å². The molecule has 2 unspecified atom stereocenters. The summed E-state index contributed by atoms with van der Waals surface area (Å²) in [6, 6.07) is 0. The lowest BCUT2D eigenvalue weighted by molar-refractivity contribution is 0.456. The van der Waals surface area contributed by atoms with Crippen molar-refractivity contribution in [2.24, 2.45) is 11.8 Å². The number of rotatable bonds is 2. The molecule has 0 bridgehead atoms. The topological polar surface area (TPSA) is 34.1 Å². The van der Waals surface area contributed by atoms with E-state index in [2.05, 4.69) is 0 Å². The van der Waals surface area contributed by atoms with E-state index in [1.54, 1.807) is 0 Å². The molecule has 0 aromatic carbocycles. The van der Waals surface area contributed by atoms with Crippen LogP contribution >= 0.6 is 11.6 Å². The maximum Gasteiger partial charge on any atom is 0.150 e. The predicted molar refractivity (Wildman–Crippen MR) is 51.2 cm³/mol. The lowest BCUT2D eigenvalue weighted by Crippen LogP contribution is -2.21. The molecule has 1 aliphatic rings. The SMILES string of the molecule is CC(C)C(Cl)C1CCS(=O)(=O)C1. The molecule has 1 saturated heterocycles. The van der Waals surface area contributed by atoms with Gasteiger partial charge in [0.2, 0.25) is 0 Å². The third kappa shape index (κ3) is 2.36. The Morgan fingerprint density at radius 1 is 1.42 bits per heavy atom. The second-order valence-corrected chi connectivity index (χ2v) is 6.58. The van der Waals surface area contributed by atoms with Crippen LogP contribution in [0, 0.1) is 11.8 Å². The van der Waals surface area contributed by atoms with Crippen LogP contribution in [0.3, 0.4) is 0 Å². The molecule has 0 radical (unpaired) electrons. The van der Waals surface area contributed by atoms with Gasteiger partial charge in [-0.1, -0.05) is 13.8 Å². The van der Waals surface area contributed by atoms with Gasteiger partial charge in [0.25, 0.3) is 0 Å². The van der Waals surface area contributed by atoms with Gasteiger partial charge in [-0.05, 0) is 18.3 Å². The first-order chi connectivity index (χ1) is 5.42. The van der Waals surface area contributed by atoms with Gasteiger partial charge in [-0.25, -0.2) is 8.42 Å².